The third-order valence-corrected chi connectivity index (χ3v) is 5.16. The summed E-state index contributed by atoms with van der Waals surface area (Å²) in [5.74, 6) is -2.33. The summed E-state index contributed by atoms with van der Waals surface area (Å²) in [6, 6.07) is 13.7. The minimum Gasteiger partial charge on any atom is -0.329 e. The highest BCUT2D eigenvalue weighted by Crippen LogP contribution is 2.29. The third-order valence-electron chi connectivity index (χ3n) is 3.50. The van der Waals surface area contributed by atoms with E-state index in [0.717, 1.165) is 0 Å². The van der Waals surface area contributed by atoms with Crippen LogP contribution in [0, 0.1) is 0 Å². The van der Waals surface area contributed by atoms with Crippen molar-refractivity contribution in [1.82, 2.24) is 10.1 Å². The summed E-state index contributed by atoms with van der Waals surface area (Å²) in [6.45, 7) is 0. The molecular weight excluding hydrogens is 383 g/mol. The Balaban J connectivity index is 1.88. The third kappa shape index (κ3) is 4.22. The van der Waals surface area contributed by atoms with Gasteiger partial charge in [-0.3, -0.25) is 4.79 Å². The molecule has 0 spiro atoms. The second-order valence-corrected chi connectivity index (χ2v) is 7.77. The van der Waals surface area contributed by atoms with E-state index >= 15 is 0 Å². The number of carbonyl (C=O) groups excluding carboxylic acids is 1. The van der Waals surface area contributed by atoms with Crippen molar-refractivity contribution in [3.63, 3.8) is 0 Å². The predicted octanol–water partition coefficient (Wildman–Crippen LogP) is 4.05. The highest BCUT2D eigenvalue weighted by Gasteiger charge is 2.38. The van der Waals surface area contributed by atoms with Crippen molar-refractivity contribution in [2.24, 2.45) is 4.36 Å². The van der Waals surface area contributed by atoms with E-state index < -0.39 is 27.7 Å². The molecule has 1 heterocycles. The summed E-state index contributed by atoms with van der Waals surface area (Å²) in [5.41, 5.74) is 0.540. The summed E-state index contributed by atoms with van der Waals surface area (Å²) in [4.78, 5) is 15.7. The molecule has 0 N–H and O–H groups in total. The van der Waals surface area contributed by atoms with E-state index in [1.165, 1.54) is 30.5 Å². The second-order valence-electron chi connectivity index (χ2n) is 5.51. The largest absolute Gasteiger partial charge is 0.471 e. The fourth-order valence-electron chi connectivity index (χ4n) is 2.16. The fourth-order valence-corrected chi connectivity index (χ4v) is 3.33. The van der Waals surface area contributed by atoms with E-state index in [2.05, 4.69) is 19.0 Å². The molecule has 0 bridgehead atoms. The summed E-state index contributed by atoms with van der Waals surface area (Å²) in [5, 5.41) is 3.28. The summed E-state index contributed by atoms with van der Waals surface area (Å²) >= 11 is 0. The Labute approximate surface area is 152 Å². The molecule has 3 aromatic rings. The van der Waals surface area contributed by atoms with Crippen LogP contribution in [-0.2, 0) is 15.9 Å². The maximum absolute atomic E-state index is 12.8. The number of hydrogen-bond donors (Lipinski definition) is 0. The van der Waals surface area contributed by atoms with Gasteiger partial charge in [-0.2, -0.15) is 22.5 Å². The molecule has 0 saturated heterocycles. The van der Waals surface area contributed by atoms with Gasteiger partial charge in [0.2, 0.25) is 5.82 Å². The predicted molar refractivity (Wildman–Crippen MR) is 90.3 cm³/mol. The second kappa shape index (κ2) is 6.95. The van der Waals surface area contributed by atoms with Crippen LogP contribution in [0.5, 0.6) is 0 Å². The van der Waals surface area contributed by atoms with Crippen LogP contribution in [0.1, 0.15) is 16.2 Å². The van der Waals surface area contributed by atoms with Crippen LogP contribution in [0.25, 0.3) is 11.4 Å². The molecule has 3 rings (SSSR count). The first-order valence-corrected chi connectivity index (χ1v) is 9.42. The normalized spacial score (nSPS) is 13.8. The number of benzene rings is 2. The van der Waals surface area contributed by atoms with Crippen molar-refractivity contribution in [1.29, 1.82) is 0 Å². The van der Waals surface area contributed by atoms with E-state index in [0.29, 0.717) is 5.56 Å². The minimum atomic E-state index is -4.74. The first-order valence-electron chi connectivity index (χ1n) is 7.50. The maximum atomic E-state index is 12.8. The monoisotopic (exact) mass is 395 g/mol. The zero-order valence-corrected chi connectivity index (χ0v) is 14.6. The molecule has 0 aliphatic heterocycles. The van der Waals surface area contributed by atoms with Gasteiger partial charge in [0.05, 0.1) is 9.73 Å². The summed E-state index contributed by atoms with van der Waals surface area (Å²) < 4.78 is 58.3. The quantitative estimate of drug-likeness (QED) is 0.668. The zero-order valence-electron chi connectivity index (χ0n) is 13.8. The molecule has 0 aliphatic rings. The fraction of sp³-hybridized carbons (Fsp3) is 0.118. The molecule has 0 radical (unpaired) electrons. The number of carbonyl (C=O) groups is 1. The number of halogens is 3. The standard InChI is InChI=1S/C17H12F3N3O3S/c1-27(25,23-15(24)12-5-3-2-4-6-12)13-9-7-11(8-10-13)14-21-16(26-22-14)17(18,19)20/h2-10H,1H3. The molecule has 140 valence electrons. The summed E-state index contributed by atoms with van der Waals surface area (Å²) in [6.07, 6.45) is -3.43. The van der Waals surface area contributed by atoms with Crippen LogP contribution in [0.15, 0.2) is 68.4 Å². The van der Waals surface area contributed by atoms with Crippen molar-refractivity contribution in [3.8, 4) is 11.4 Å². The highest BCUT2D eigenvalue weighted by atomic mass is 32.2. The lowest BCUT2D eigenvalue weighted by molar-refractivity contribution is -0.159. The number of aromatic nitrogens is 2. The average molecular weight is 395 g/mol. The number of rotatable bonds is 3. The molecule has 2 aromatic carbocycles. The van der Waals surface area contributed by atoms with Gasteiger partial charge in [-0.15, -0.1) is 0 Å². The Kier molecular flexibility index (Phi) is 4.83. The number of nitrogens with zero attached hydrogens (tertiary/aromatic N) is 3. The van der Waals surface area contributed by atoms with Crippen LogP contribution in [0.4, 0.5) is 13.2 Å². The lowest BCUT2D eigenvalue weighted by Gasteiger charge is -2.05. The molecule has 0 aliphatic carbocycles. The van der Waals surface area contributed by atoms with Gasteiger partial charge in [0, 0.05) is 22.3 Å². The highest BCUT2D eigenvalue weighted by molar-refractivity contribution is 7.93. The van der Waals surface area contributed by atoms with Crippen molar-refractivity contribution in [2.75, 3.05) is 6.26 Å². The van der Waals surface area contributed by atoms with Crippen LogP contribution in [-0.4, -0.2) is 26.5 Å². The van der Waals surface area contributed by atoms with E-state index in [1.807, 2.05) is 0 Å². The van der Waals surface area contributed by atoms with E-state index in [-0.39, 0.29) is 16.3 Å². The lowest BCUT2D eigenvalue weighted by Crippen LogP contribution is -2.05. The average Bonchev–Trinajstić information content (AvgIpc) is 3.13. The zero-order chi connectivity index (χ0) is 19.7. The molecule has 1 unspecified atom stereocenters. The van der Waals surface area contributed by atoms with Gasteiger partial charge in [-0.05, 0) is 36.4 Å². The molecule has 0 fully saturated rings. The van der Waals surface area contributed by atoms with Crippen LogP contribution < -0.4 is 0 Å². The van der Waals surface area contributed by atoms with Crippen LogP contribution in [0.2, 0.25) is 0 Å². The number of amides is 1. The molecule has 27 heavy (non-hydrogen) atoms. The maximum Gasteiger partial charge on any atom is 0.471 e. The SMILES string of the molecule is CS(=O)(=NC(=O)c1ccccc1)c1ccc(-c2noc(C(F)(F)F)n2)cc1. The van der Waals surface area contributed by atoms with Gasteiger partial charge >= 0.3 is 12.1 Å². The van der Waals surface area contributed by atoms with Gasteiger partial charge in [-0.1, -0.05) is 23.4 Å². The van der Waals surface area contributed by atoms with Gasteiger partial charge in [-0.25, -0.2) is 4.21 Å². The smallest absolute Gasteiger partial charge is 0.329 e. The van der Waals surface area contributed by atoms with Crippen molar-refractivity contribution < 1.29 is 26.7 Å². The number of hydrogen-bond acceptors (Lipinski definition) is 5. The topological polar surface area (TPSA) is 85.4 Å². The Morgan fingerprint density at radius 3 is 2.26 bits per heavy atom. The molecule has 1 aromatic heterocycles. The van der Waals surface area contributed by atoms with Gasteiger partial charge in [0.25, 0.3) is 5.91 Å². The Morgan fingerprint density at radius 2 is 1.70 bits per heavy atom. The first-order chi connectivity index (χ1) is 12.7. The van der Waals surface area contributed by atoms with Gasteiger partial charge in [0.15, 0.2) is 0 Å². The van der Waals surface area contributed by atoms with Crippen molar-refractivity contribution in [2.45, 2.75) is 11.1 Å². The van der Waals surface area contributed by atoms with Gasteiger partial charge in [0.1, 0.15) is 0 Å². The lowest BCUT2D eigenvalue weighted by atomic mass is 10.2. The first kappa shape index (κ1) is 18.8. The van der Waals surface area contributed by atoms with E-state index in [1.54, 1.807) is 30.3 Å². The number of alkyl halides is 3. The van der Waals surface area contributed by atoms with Crippen molar-refractivity contribution >= 4 is 15.6 Å². The van der Waals surface area contributed by atoms with E-state index in [4.69, 9.17) is 0 Å². The molecule has 0 saturated carbocycles. The van der Waals surface area contributed by atoms with Gasteiger partial charge < -0.3 is 4.52 Å². The molecule has 6 nitrogen and oxygen atoms in total. The summed E-state index contributed by atoms with van der Waals surface area (Å²) in [7, 11) is -3.04. The van der Waals surface area contributed by atoms with Crippen LogP contribution >= 0.6 is 0 Å². The van der Waals surface area contributed by atoms with E-state index in [9.17, 15) is 22.2 Å². The van der Waals surface area contributed by atoms with Crippen LogP contribution in [0.3, 0.4) is 0 Å². The molecule has 1 atom stereocenters. The molecular formula is C17H12F3N3O3S. The Bertz CT molecular complexity index is 1080. The van der Waals surface area contributed by atoms with Crippen molar-refractivity contribution in [3.05, 3.63) is 66.1 Å². The Morgan fingerprint density at radius 1 is 1.07 bits per heavy atom. The Hall–Kier alpha value is -3.01. The molecule has 1 amide bonds. The minimum absolute atomic E-state index is 0.239. The molecule has 10 heteroatoms.